The minimum atomic E-state index is -0.789. The van der Waals surface area contributed by atoms with Crippen molar-refractivity contribution in [3.63, 3.8) is 0 Å². The van der Waals surface area contributed by atoms with Gasteiger partial charge in [-0.1, -0.05) is 19.9 Å². The molecule has 1 aromatic carbocycles. The highest BCUT2D eigenvalue weighted by atomic mass is 16.5. The predicted molar refractivity (Wildman–Crippen MR) is 94.1 cm³/mol. The maximum absolute atomic E-state index is 13.0. The van der Waals surface area contributed by atoms with Crippen molar-refractivity contribution in [1.82, 2.24) is 5.32 Å². The Bertz CT molecular complexity index is 633. The summed E-state index contributed by atoms with van der Waals surface area (Å²) in [6.07, 6.45) is 2.27. The second-order valence-electron chi connectivity index (χ2n) is 6.54. The lowest BCUT2D eigenvalue weighted by Gasteiger charge is -2.38. The molecule has 1 aliphatic rings. The molecule has 0 bridgehead atoms. The lowest BCUT2D eigenvalue weighted by Crippen LogP contribution is -2.53. The van der Waals surface area contributed by atoms with Crippen molar-refractivity contribution in [3.8, 4) is 11.5 Å². The van der Waals surface area contributed by atoms with Gasteiger partial charge in [-0.3, -0.25) is 9.59 Å². The highest BCUT2D eigenvalue weighted by Crippen LogP contribution is 2.38. The topological polar surface area (TPSA) is 84.9 Å². The Balaban J connectivity index is 2.23. The number of nitrogens with one attached hydrogen (secondary N) is 1. The largest absolute Gasteiger partial charge is 0.493 e. The lowest BCUT2D eigenvalue weighted by atomic mass is 9.73. The van der Waals surface area contributed by atoms with Gasteiger partial charge in [0.05, 0.1) is 25.6 Å². The summed E-state index contributed by atoms with van der Waals surface area (Å²) >= 11 is 0. The van der Waals surface area contributed by atoms with Crippen LogP contribution in [-0.2, 0) is 15.0 Å². The fraction of sp³-hybridized carbons (Fsp3) is 0.579. The van der Waals surface area contributed by atoms with Gasteiger partial charge in [-0.05, 0) is 43.4 Å². The molecule has 138 valence electrons. The zero-order valence-corrected chi connectivity index (χ0v) is 15.3. The Labute approximate surface area is 148 Å². The van der Waals surface area contributed by atoms with E-state index in [-0.39, 0.29) is 17.9 Å². The zero-order chi connectivity index (χ0) is 18.6. The van der Waals surface area contributed by atoms with E-state index in [1.54, 1.807) is 14.2 Å². The molecular formula is C19H27NO5. The van der Waals surface area contributed by atoms with Crippen molar-refractivity contribution >= 4 is 11.9 Å². The Morgan fingerprint density at radius 2 is 1.76 bits per heavy atom. The molecule has 0 aromatic heterocycles. The molecule has 0 unspecified atom stereocenters. The number of ether oxygens (including phenoxy) is 2. The van der Waals surface area contributed by atoms with Crippen molar-refractivity contribution in [2.45, 2.75) is 51.0 Å². The van der Waals surface area contributed by atoms with Crippen LogP contribution in [0.15, 0.2) is 18.2 Å². The van der Waals surface area contributed by atoms with Crippen LogP contribution < -0.4 is 14.8 Å². The van der Waals surface area contributed by atoms with Crippen molar-refractivity contribution in [2.24, 2.45) is 5.92 Å². The molecule has 0 heterocycles. The Morgan fingerprint density at radius 1 is 1.16 bits per heavy atom. The third kappa shape index (κ3) is 3.57. The summed E-state index contributed by atoms with van der Waals surface area (Å²) in [6, 6.07) is 5.50. The third-order valence-electron chi connectivity index (χ3n) is 5.40. The van der Waals surface area contributed by atoms with Crippen molar-refractivity contribution in [3.05, 3.63) is 23.8 Å². The first kappa shape index (κ1) is 19.1. The van der Waals surface area contributed by atoms with Crippen LogP contribution in [0.4, 0.5) is 0 Å². The van der Waals surface area contributed by atoms with Crippen LogP contribution in [0.3, 0.4) is 0 Å². The highest BCUT2D eigenvalue weighted by Gasteiger charge is 2.41. The molecule has 0 saturated heterocycles. The molecule has 1 saturated carbocycles. The minimum absolute atomic E-state index is 0.0569. The maximum atomic E-state index is 13.0. The third-order valence-corrected chi connectivity index (χ3v) is 5.40. The van der Waals surface area contributed by atoms with Gasteiger partial charge in [0.25, 0.3) is 0 Å². The van der Waals surface area contributed by atoms with Gasteiger partial charge in [0.15, 0.2) is 11.5 Å². The maximum Gasteiger partial charge on any atom is 0.306 e. The van der Waals surface area contributed by atoms with Crippen LogP contribution in [0.25, 0.3) is 0 Å². The number of rotatable bonds is 8. The summed E-state index contributed by atoms with van der Waals surface area (Å²) in [5.41, 5.74) is 0.204. The van der Waals surface area contributed by atoms with Crippen LogP contribution >= 0.6 is 0 Å². The van der Waals surface area contributed by atoms with Gasteiger partial charge in [-0.15, -0.1) is 0 Å². The number of carboxylic acids is 1. The molecular weight excluding hydrogens is 322 g/mol. The van der Waals surface area contributed by atoms with Gasteiger partial charge >= 0.3 is 5.97 Å². The van der Waals surface area contributed by atoms with Gasteiger partial charge in [0, 0.05) is 6.04 Å². The standard InChI is InChI=1S/C19H27NO5/c1-5-19(6-2,13-7-8-15(24-3)16(11-13)25-4)18(23)20-14-9-12(10-14)17(21)22/h7-8,11-12,14H,5-6,9-10H2,1-4H3,(H,20,23)(H,21,22). The van der Waals surface area contributed by atoms with E-state index >= 15 is 0 Å². The number of carboxylic acid groups (broad SMARTS) is 1. The van der Waals surface area contributed by atoms with Crippen LogP contribution in [0, 0.1) is 5.92 Å². The molecule has 0 atom stereocenters. The molecule has 2 rings (SSSR count). The first-order valence-corrected chi connectivity index (χ1v) is 8.68. The summed E-state index contributed by atoms with van der Waals surface area (Å²) < 4.78 is 10.6. The van der Waals surface area contributed by atoms with Gasteiger partial charge in [0.1, 0.15) is 0 Å². The fourth-order valence-electron chi connectivity index (χ4n) is 3.51. The van der Waals surface area contributed by atoms with Crippen molar-refractivity contribution in [1.29, 1.82) is 0 Å². The molecule has 0 aliphatic heterocycles. The van der Waals surface area contributed by atoms with Crippen LogP contribution in [0.1, 0.15) is 45.1 Å². The average molecular weight is 349 g/mol. The number of carbonyl (C=O) groups excluding carboxylic acids is 1. The number of methoxy groups -OCH3 is 2. The minimum Gasteiger partial charge on any atom is -0.493 e. The molecule has 25 heavy (non-hydrogen) atoms. The van der Waals surface area contributed by atoms with Crippen molar-refractivity contribution < 1.29 is 24.2 Å². The average Bonchev–Trinajstić information content (AvgIpc) is 2.58. The van der Waals surface area contributed by atoms with Gasteiger partial charge in [0.2, 0.25) is 5.91 Å². The van der Waals surface area contributed by atoms with Gasteiger partial charge in [-0.25, -0.2) is 0 Å². The molecule has 0 radical (unpaired) electrons. The molecule has 2 N–H and O–H groups in total. The smallest absolute Gasteiger partial charge is 0.306 e. The number of hydrogen-bond acceptors (Lipinski definition) is 4. The lowest BCUT2D eigenvalue weighted by molar-refractivity contribution is -0.146. The van der Waals surface area contributed by atoms with E-state index in [4.69, 9.17) is 14.6 Å². The van der Waals surface area contributed by atoms with Crippen LogP contribution in [-0.4, -0.2) is 37.2 Å². The van der Waals surface area contributed by atoms with E-state index in [2.05, 4.69) is 5.32 Å². The number of amides is 1. The Hall–Kier alpha value is -2.24. The number of aliphatic carboxylic acids is 1. The number of hydrogen-bond donors (Lipinski definition) is 2. The van der Waals surface area contributed by atoms with Crippen LogP contribution in [0.2, 0.25) is 0 Å². The second kappa shape index (κ2) is 7.76. The van der Waals surface area contributed by atoms with E-state index < -0.39 is 11.4 Å². The molecule has 1 amide bonds. The molecule has 6 heteroatoms. The van der Waals surface area contributed by atoms with E-state index in [1.807, 2.05) is 32.0 Å². The zero-order valence-electron chi connectivity index (χ0n) is 15.3. The molecule has 1 aliphatic carbocycles. The SMILES string of the molecule is CCC(CC)(C(=O)NC1CC(C(=O)O)C1)c1ccc(OC)c(OC)c1. The summed E-state index contributed by atoms with van der Waals surface area (Å²) in [7, 11) is 3.15. The monoisotopic (exact) mass is 349 g/mol. The first-order chi connectivity index (χ1) is 11.9. The summed E-state index contributed by atoms with van der Waals surface area (Å²) in [6.45, 7) is 3.97. The predicted octanol–water partition coefficient (Wildman–Crippen LogP) is 2.74. The normalized spacial score (nSPS) is 19.7. The van der Waals surface area contributed by atoms with E-state index in [0.717, 1.165) is 5.56 Å². The first-order valence-electron chi connectivity index (χ1n) is 8.68. The van der Waals surface area contributed by atoms with Crippen LogP contribution in [0.5, 0.6) is 11.5 Å². The molecule has 1 fully saturated rings. The van der Waals surface area contributed by atoms with Crippen molar-refractivity contribution in [2.75, 3.05) is 14.2 Å². The summed E-state index contributed by atoms with van der Waals surface area (Å²) in [4.78, 5) is 24.0. The number of carbonyl (C=O) groups is 2. The Kier molecular flexibility index (Phi) is 5.93. The second-order valence-corrected chi connectivity index (χ2v) is 6.54. The molecule has 1 aromatic rings. The van der Waals surface area contributed by atoms with E-state index in [0.29, 0.717) is 37.2 Å². The van der Waals surface area contributed by atoms with E-state index in [9.17, 15) is 9.59 Å². The van der Waals surface area contributed by atoms with E-state index in [1.165, 1.54) is 0 Å². The van der Waals surface area contributed by atoms with Gasteiger partial charge in [-0.2, -0.15) is 0 Å². The Morgan fingerprint density at radius 3 is 2.24 bits per heavy atom. The quantitative estimate of drug-likeness (QED) is 0.754. The summed E-state index contributed by atoms with van der Waals surface area (Å²) in [5, 5.41) is 12.0. The fourth-order valence-corrected chi connectivity index (χ4v) is 3.51. The number of benzene rings is 1. The molecule has 0 spiro atoms. The molecule has 6 nitrogen and oxygen atoms in total. The van der Waals surface area contributed by atoms with Gasteiger partial charge < -0.3 is 19.9 Å². The highest BCUT2D eigenvalue weighted by molar-refractivity contribution is 5.89. The summed E-state index contributed by atoms with van der Waals surface area (Å²) in [5.74, 6) is 0.0231.